The molecule has 0 bridgehead atoms. The van der Waals surface area contributed by atoms with Gasteiger partial charge in [0.1, 0.15) is 5.82 Å². The Balaban J connectivity index is 4.97. The third kappa shape index (κ3) is 11.1. The molecule has 0 aliphatic carbocycles. The van der Waals surface area contributed by atoms with Gasteiger partial charge in [0.25, 0.3) is 0 Å². The summed E-state index contributed by atoms with van der Waals surface area (Å²) in [5.74, 6) is 0.903. The summed E-state index contributed by atoms with van der Waals surface area (Å²) in [5, 5.41) is 6.93. The zero-order valence-corrected chi connectivity index (χ0v) is 17.8. The first-order chi connectivity index (χ1) is 12.7. The first-order valence-electron chi connectivity index (χ1n) is 8.56. The number of halogens is 1. The van der Waals surface area contributed by atoms with Gasteiger partial charge in [0.05, 0.1) is 23.8 Å². The van der Waals surface area contributed by atoms with E-state index >= 15 is 0 Å². The standard InChI is InChI=1S/C19H33FN6S/c1-7-18(21)27-13-14(2)25-12-16(15(3)19(22)23-4)24-11-9-8-10-17(20)26(5)6/h7-10,23,25H,2,11-13,21-22H2,1,3-6H3/b9-8+,17-10-,18-7-,19-15-,24-16-. The van der Waals surface area contributed by atoms with Crippen LogP contribution in [0.5, 0.6) is 0 Å². The maximum absolute atomic E-state index is 13.4. The van der Waals surface area contributed by atoms with Crippen LogP contribution in [-0.2, 0) is 0 Å². The van der Waals surface area contributed by atoms with Gasteiger partial charge in [0, 0.05) is 38.2 Å². The number of aliphatic imine (C=N–C) groups is 1. The Bertz CT molecular complexity index is 632. The van der Waals surface area contributed by atoms with E-state index in [0.717, 1.165) is 22.0 Å². The first kappa shape index (κ1) is 24.7. The second kappa shape index (κ2) is 13.8. The van der Waals surface area contributed by atoms with Gasteiger partial charge in [-0.2, -0.15) is 4.39 Å². The average Bonchev–Trinajstić information content (AvgIpc) is 2.66. The summed E-state index contributed by atoms with van der Waals surface area (Å²) < 4.78 is 13.4. The van der Waals surface area contributed by atoms with Crippen LogP contribution < -0.4 is 22.1 Å². The van der Waals surface area contributed by atoms with Gasteiger partial charge >= 0.3 is 0 Å². The zero-order valence-electron chi connectivity index (χ0n) is 17.0. The van der Waals surface area contributed by atoms with Crippen LogP contribution in [0.15, 0.2) is 63.9 Å². The molecule has 0 aromatic carbocycles. The number of nitrogens with two attached hydrogens (primary N) is 2. The van der Waals surface area contributed by atoms with Crippen molar-refractivity contribution in [3.63, 3.8) is 0 Å². The second-order valence-corrected chi connectivity index (χ2v) is 6.87. The predicted molar refractivity (Wildman–Crippen MR) is 118 cm³/mol. The number of allylic oxidation sites excluding steroid dienone is 3. The molecule has 0 atom stereocenters. The molecular weight excluding hydrogens is 363 g/mol. The molecule has 0 unspecified atom stereocenters. The van der Waals surface area contributed by atoms with Gasteiger partial charge in [-0.3, -0.25) is 4.99 Å². The topological polar surface area (TPSA) is 91.7 Å². The molecule has 0 aliphatic heterocycles. The summed E-state index contributed by atoms with van der Waals surface area (Å²) in [7, 11) is 5.05. The second-order valence-electron chi connectivity index (χ2n) is 5.82. The minimum absolute atomic E-state index is 0.318. The molecular formula is C19H33FN6S. The fourth-order valence-electron chi connectivity index (χ4n) is 1.68. The molecule has 0 heterocycles. The monoisotopic (exact) mass is 396 g/mol. The molecule has 0 radical (unpaired) electrons. The van der Waals surface area contributed by atoms with Crippen LogP contribution in [-0.4, -0.2) is 50.6 Å². The van der Waals surface area contributed by atoms with Crippen LogP contribution in [0.3, 0.4) is 0 Å². The Morgan fingerprint density at radius 1 is 1.33 bits per heavy atom. The van der Waals surface area contributed by atoms with Crippen LogP contribution in [0.25, 0.3) is 0 Å². The smallest absolute Gasteiger partial charge is 0.189 e. The summed E-state index contributed by atoms with van der Waals surface area (Å²) >= 11 is 1.52. The van der Waals surface area contributed by atoms with Gasteiger partial charge in [-0.15, -0.1) is 11.8 Å². The fourth-order valence-corrected chi connectivity index (χ4v) is 2.29. The summed E-state index contributed by atoms with van der Waals surface area (Å²) in [5.41, 5.74) is 14.2. The highest BCUT2D eigenvalue weighted by Gasteiger charge is 2.07. The van der Waals surface area contributed by atoms with Crippen molar-refractivity contribution in [1.29, 1.82) is 0 Å². The highest BCUT2D eigenvalue weighted by Crippen LogP contribution is 2.11. The Morgan fingerprint density at radius 3 is 2.56 bits per heavy atom. The molecule has 6 N–H and O–H groups in total. The van der Waals surface area contributed by atoms with Gasteiger partial charge in [-0.05, 0) is 19.9 Å². The molecule has 6 nitrogen and oxygen atoms in total. The molecule has 0 aromatic heterocycles. The molecule has 0 saturated heterocycles. The van der Waals surface area contributed by atoms with Crippen LogP contribution in [0.1, 0.15) is 13.8 Å². The molecule has 0 aromatic rings. The van der Waals surface area contributed by atoms with E-state index < -0.39 is 0 Å². The average molecular weight is 397 g/mol. The number of nitrogens with zero attached hydrogens (tertiary/aromatic N) is 2. The Hall–Kier alpha value is -2.35. The number of hydrogen-bond donors (Lipinski definition) is 4. The van der Waals surface area contributed by atoms with Gasteiger partial charge in [0.15, 0.2) is 5.95 Å². The lowest BCUT2D eigenvalue weighted by Crippen LogP contribution is -2.28. The maximum atomic E-state index is 13.4. The molecule has 0 amide bonds. The molecule has 152 valence electrons. The number of hydrogen-bond acceptors (Lipinski definition) is 7. The Kier molecular flexibility index (Phi) is 12.6. The van der Waals surface area contributed by atoms with Crippen molar-refractivity contribution in [2.45, 2.75) is 13.8 Å². The molecule has 0 rings (SSSR count). The summed E-state index contributed by atoms with van der Waals surface area (Å²) in [6, 6.07) is 0. The van der Waals surface area contributed by atoms with Crippen LogP contribution >= 0.6 is 11.8 Å². The Morgan fingerprint density at radius 2 is 2.00 bits per heavy atom. The van der Waals surface area contributed by atoms with Gasteiger partial charge < -0.3 is 27.0 Å². The fraction of sp³-hybridized carbons (Fsp3) is 0.421. The summed E-state index contributed by atoms with van der Waals surface area (Å²) in [6.07, 6.45) is 6.66. The van der Waals surface area contributed by atoms with Gasteiger partial charge in [-0.25, -0.2) is 0 Å². The van der Waals surface area contributed by atoms with Gasteiger partial charge in [0.2, 0.25) is 0 Å². The van der Waals surface area contributed by atoms with E-state index in [1.807, 2.05) is 19.9 Å². The van der Waals surface area contributed by atoms with Crippen molar-refractivity contribution in [3.05, 3.63) is 59.0 Å². The SMILES string of the molecule is C=C(CS/C(N)=C\C)NCC(=N/C/C=C/C=C(/F)N(C)C)/C(C)=C(/N)NC. The molecule has 0 fully saturated rings. The van der Waals surface area contributed by atoms with E-state index in [1.54, 1.807) is 33.3 Å². The predicted octanol–water partition coefficient (Wildman–Crippen LogP) is 2.42. The quantitative estimate of drug-likeness (QED) is 0.230. The number of nitrogens with one attached hydrogen (secondary N) is 2. The van der Waals surface area contributed by atoms with Gasteiger partial charge in [-0.1, -0.05) is 24.8 Å². The van der Waals surface area contributed by atoms with Crippen molar-refractivity contribution in [3.8, 4) is 0 Å². The van der Waals surface area contributed by atoms with E-state index in [9.17, 15) is 4.39 Å². The van der Waals surface area contributed by atoms with Crippen molar-refractivity contribution in [1.82, 2.24) is 15.5 Å². The van der Waals surface area contributed by atoms with E-state index in [4.69, 9.17) is 11.5 Å². The lowest BCUT2D eigenvalue weighted by molar-refractivity contribution is 0.374. The highest BCUT2D eigenvalue weighted by molar-refractivity contribution is 8.03. The number of rotatable bonds is 12. The first-order valence-corrected chi connectivity index (χ1v) is 9.55. The molecule has 0 spiro atoms. The minimum atomic E-state index is -0.318. The summed E-state index contributed by atoms with van der Waals surface area (Å²) in [6.45, 7) is 8.69. The third-order valence-electron chi connectivity index (χ3n) is 3.49. The van der Waals surface area contributed by atoms with Crippen molar-refractivity contribution >= 4 is 17.5 Å². The van der Waals surface area contributed by atoms with Crippen LogP contribution in [0, 0.1) is 0 Å². The molecule has 8 heteroatoms. The maximum Gasteiger partial charge on any atom is 0.189 e. The van der Waals surface area contributed by atoms with E-state index in [0.29, 0.717) is 24.7 Å². The lowest BCUT2D eigenvalue weighted by atomic mass is 10.1. The molecule has 0 aliphatic rings. The molecule has 27 heavy (non-hydrogen) atoms. The largest absolute Gasteiger partial charge is 0.394 e. The summed E-state index contributed by atoms with van der Waals surface area (Å²) in [4.78, 5) is 5.95. The zero-order chi connectivity index (χ0) is 20.8. The van der Waals surface area contributed by atoms with E-state index in [1.165, 1.54) is 22.7 Å². The van der Waals surface area contributed by atoms with Crippen molar-refractivity contribution < 1.29 is 4.39 Å². The molecule has 0 saturated carbocycles. The van der Waals surface area contributed by atoms with E-state index in [-0.39, 0.29) is 5.95 Å². The third-order valence-corrected chi connectivity index (χ3v) is 4.56. The van der Waals surface area contributed by atoms with E-state index in [2.05, 4.69) is 22.2 Å². The Labute approximate surface area is 167 Å². The minimum Gasteiger partial charge on any atom is -0.394 e. The number of thioether (sulfide) groups is 1. The lowest BCUT2D eigenvalue weighted by Gasteiger charge is -2.14. The van der Waals surface area contributed by atoms with Crippen LogP contribution in [0.2, 0.25) is 0 Å². The van der Waals surface area contributed by atoms with Crippen molar-refractivity contribution in [2.24, 2.45) is 16.5 Å². The normalized spacial score (nSPS) is 14.2. The van der Waals surface area contributed by atoms with Crippen molar-refractivity contribution in [2.75, 3.05) is 40.0 Å². The van der Waals surface area contributed by atoms with Crippen LogP contribution in [0.4, 0.5) is 4.39 Å². The highest BCUT2D eigenvalue weighted by atomic mass is 32.2.